The molecule has 2 rings (SSSR count). The molecule has 0 aliphatic rings. The molecule has 1 aromatic heterocycles. The van der Waals surface area contributed by atoms with E-state index >= 15 is 0 Å². The zero-order valence-electron chi connectivity index (χ0n) is 10.2. The van der Waals surface area contributed by atoms with Gasteiger partial charge in [0.15, 0.2) is 0 Å². The van der Waals surface area contributed by atoms with Gasteiger partial charge in [0.25, 0.3) is 0 Å². The van der Waals surface area contributed by atoms with E-state index in [0.717, 1.165) is 0 Å². The summed E-state index contributed by atoms with van der Waals surface area (Å²) in [5.74, 6) is 0.183. The molecule has 0 amide bonds. The maximum absolute atomic E-state index is 13.6. The summed E-state index contributed by atoms with van der Waals surface area (Å²) in [7, 11) is 0. The van der Waals surface area contributed by atoms with E-state index in [1.165, 1.54) is 6.07 Å². The van der Waals surface area contributed by atoms with E-state index in [1.54, 1.807) is 31.6 Å². The van der Waals surface area contributed by atoms with Gasteiger partial charge in [-0.3, -0.25) is 0 Å². The van der Waals surface area contributed by atoms with Crippen LogP contribution in [0.25, 0.3) is 0 Å². The minimum Gasteiger partial charge on any atom is -0.492 e. The Morgan fingerprint density at radius 3 is 2.94 bits per heavy atom. The van der Waals surface area contributed by atoms with Crippen LogP contribution in [-0.2, 0) is 6.54 Å². The fourth-order valence-electron chi connectivity index (χ4n) is 1.65. The summed E-state index contributed by atoms with van der Waals surface area (Å²) in [6, 6.07) is 4.44. The molecule has 1 aromatic carbocycles. The minimum atomic E-state index is -0.329. The number of benzene rings is 1. The first-order chi connectivity index (χ1) is 8.66. The first-order valence-electron chi connectivity index (χ1n) is 5.80. The SMILES string of the molecule is CC(N)c1ccc(OCCn2ccnc2)cc1F. The molecule has 0 fully saturated rings. The van der Waals surface area contributed by atoms with Gasteiger partial charge in [-0.05, 0) is 13.0 Å². The van der Waals surface area contributed by atoms with Gasteiger partial charge in [0.05, 0.1) is 12.9 Å². The van der Waals surface area contributed by atoms with E-state index in [0.29, 0.717) is 24.5 Å². The Labute approximate surface area is 105 Å². The van der Waals surface area contributed by atoms with Crippen molar-refractivity contribution in [1.82, 2.24) is 9.55 Å². The lowest BCUT2D eigenvalue weighted by Gasteiger charge is -2.10. The van der Waals surface area contributed by atoms with Crippen molar-refractivity contribution in [3.05, 3.63) is 48.3 Å². The van der Waals surface area contributed by atoms with Crippen molar-refractivity contribution in [2.24, 2.45) is 5.73 Å². The van der Waals surface area contributed by atoms with E-state index in [-0.39, 0.29) is 11.9 Å². The van der Waals surface area contributed by atoms with Crippen LogP contribution in [0.1, 0.15) is 18.5 Å². The Morgan fingerprint density at radius 2 is 2.33 bits per heavy atom. The maximum Gasteiger partial charge on any atom is 0.131 e. The third-order valence-electron chi connectivity index (χ3n) is 2.64. The minimum absolute atomic E-state index is 0.315. The number of hydrogen-bond donors (Lipinski definition) is 1. The molecule has 2 N–H and O–H groups in total. The van der Waals surface area contributed by atoms with E-state index in [1.807, 2.05) is 10.8 Å². The zero-order valence-corrected chi connectivity index (χ0v) is 10.2. The van der Waals surface area contributed by atoms with Crippen molar-refractivity contribution in [3.63, 3.8) is 0 Å². The van der Waals surface area contributed by atoms with Gasteiger partial charge in [-0.15, -0.1) is 0 Å². The van der Waals surface area contributed by atoms with Gasteiger partial charge in [-0.25, -0.2) is 9.37 Å². The molecular formula is C13H16FN3O. The standard InChI is InChI=1S/C13H16FN3O/c1-10(15)12-3-2-11(8-13(12)14)18-7-6-17-5-4-16-9-17/h2-5,8-10H,6-7,15H2,1H3. The second kappa shape index (κ2) is 5.64. The maximum atomic E-state index is 13.6. The number of rotatable bonds is 5. The van der Waals surface area contributed by atoms with Crippen LogP contribution in [0.5, 0.6) is 5.75 Å². The summed E-state index contributed by atoms with van der Waals surface area (Å²) in [4.78, 5) is 3.93. The van der Waals surface area contributed by atoms with Crippen LogP contribution in [0.3, 0.4) is 0 Å². The predicted octanol–water partition coefficient (Wildman–Crippen LogP) is 2.12. The van der Waals surface area contributed by atoms with E-state index in [4.69, 9.17) is 10.5 Å². The van der Waals surface area contributed by atoms with Crippen molar-refractivity contribution in [2.75, 3.05) is 6.61 Å². The van der Waals surface area contributed by atoms with Crippen LogP contribution in [0.2, 0.25) is 0 Å². The van der Waals surface area contributed by atoms with Gasteiger partial charge in [0, 0.05) is 30.1 Å². The Bertz CT molecular complexity index is 497. The molecule has 0 radical (unpaired) electrons. The summed E-state index contributed by atoms with van der Waals surface area (Å²) in [6.45, 7) is 2.89. The summed E-state index contributed by atoms with van der Waals surface area (Å²) in [5.41, 5.74) is 6.14. The van der Waals surface area contributed by atoms with Gasteiger partial charge in [0.1, 0.15) is 18.2 Å². The van der Waals surface area contributed by atoms with Gasteiger partial charge >= 0.3 is 0 Å². The third-order valence-corrected chi connectivity index (χ3v) is 2.64. The van der Waals surface area contributed by atoms with Crippen LogP contribution >= 0.6 is 0 Å². The summed E-state index contributed by atoms with van der Waals surface area (Å²) >= 11 is 0. The van der Waals surface area contributed by atoms with Crippen molar-refractivity contribution in [2.45, 2.75) is 19.5 Å². The molecule has 5 heteroatoms. The van der Waals surface area contributed by atoms with Crippen molar-refractivity contribution >= 4 is 0 Å². The number of imidazole rings is 1. The van der Waals surface area contributed by atoms with Crippen LogP contribution in [0.15, 0.2) is 36.9 Å². The molecular weight excluding hydrogens is 233 g/mol. The average Bonchev–Trinajstić information content (AvgIpc) is 2.81. The molecule has 0 spiro atoms. The lowest BCUT2D eigenvalue weighted by Crippen LogP contribution is -2.09. The molecule has 0 saturated heterocycles. The van der Waals surface area contributed by atoms with E-state index < -0.39 is 0 Å². The molecule has 18 heavy (non-hydrogen) atoms. The molecule has 0 bridgehead atoms. The third kappa shape index (κ3) is 3.07. The van der Waals surface area contributed by atoms with Crippen molar-refractivity contribution in [3.8, 4) is 5.75 Å². The predicted molar refractivity (Wildman–Crippen MR) is 66.7 cm³/mol. The van der Waals surface area contributed by atoms with Crippen LogP contribution in [0, 0.1) is 5.82 Å². The number of hydrogen-bond acceptors (Lipinski definition) is 3. The fourth-order valence-corrected chi connectivity index (χ4v) is 1.65. The summed E-state index contributed by atoms with van der Waals surface area (Å²) in [5, 5.41) is 0. The Kier molecular flexibility index (Phi) is 3.94. The summed E-state index contributed by atoms with van der Waals surface area (Å²) in [6.07, 6.45) is 5.27. The first-order valence-corrected chi connectivity index (χ1v) is 5.80. The van der Waals surface area contributed by atoms with Gasteiger partial charge in [-0.2, -0.15) is 0 Å². The Hall–Kier alpha value is -1.88. The number of aromatic nitrogens is 2. The molecule has 0 aliphatic carbocycles. The largest absolute Gasteiger partial charge is 0.492 e. The lowest BCUT2D eigenvalue weighted by molar-refractivity contribution is 0.296. The summed E-state index contributed by atoms with van der Waals surface area (Å²) < 4.78 is 21.0. The van der Waals surface area contributed by atoms with Gasteiger partial charge in [-0.1, -0.05) is 6.07 Å². The van der Waals surface area contributed by atoms with Crippen molar-refractivity contribution < 1.29 is 9.13 Å². The van der Waals surface area contributed by atoms with Gasteiger partial charge < -0.3 is 15.0 Å². The highest BCUT2D eigenvalue weighted by Gasteiger charge is 2.07. The van der Waals surface area contributed by atoms with Crippen LogP contribution in [-0.4, -0.2) is 16.2 Å². The number of ether oxygens (including phenoxy) is 1. The second-order valence-corrected chi connectivity index (χ2v) is 4.12. The number of nitrogens with zero attached hydrogens (tertiary/aromatic N) is 2. The molecule has 2 aromatic rings. The second-order valence-electron chi connectivity index (χ2n) is 4.12. The Morgan fingerprint density at radius 1 is 1.50 bits per heavy atom. The van der Waals surface area contributed by atoms with Crippen molar-refractivity contribution in [1.29, 1.82) is 0 Å². The number of halogens is 1. The molecule has 0 saturated carbocycles. The fraction of sp³-hybridized carbons (Fsp3) is 0.308. The smallest absolute Gasteiger partial charge is 0.131 e. The molecule has 4 nitrogen and oxygen atoms in total. The lowest BCUT2D eigenvalue weighted by atomic mass is 10.1. The molecule has 1 unspecified atom stereocenters. The molecule has 96 valence electrons. The molecule has 0 aliphatic heterocycles. The average molecular weight is 249 g/mol. The molecule has 1 heterocycles. The van der Waals surface area contributed by atoms with E-state index in [2.05, 4.69) is 4.98 Å². The van der Waals surface area contributed by atoms with Gasteiger partial charge in [0.2, 0.25) is 0 Å². The topological polar surface area (TPSA) is 53.1 Å². The monoisotopic (exact) mass is 249 g/mol. The van der Waals surface area contributed by atoms with Crippen LogP contribution < -0.4 is 10.5 Å². The van der Waals surface area contributed by atoms with Crippen LogP contribution in [0.4, 0.5) is 4.39 Å². The quantitative estimate of drug-likeness (QED) is 0.883. The van der Waals surface area contributed by atoms with E-state index in [9.17, 15) is 4.39 Å². The first kappa shape index (κ1) is 12.6. The highest BCUT2D eigenvalue weighted by molar-refractivity contribution is 5.30. The normalized spacial score (nSPS) is 12.4. The molecule has 1 atom stereocenters. The Balaban J connectivity index is 1.92. The highest BCUT2D eigenvalue weighted by Crippen LogP contribution is 2.20. The number of nitrogens with two attached hydrogens (primary N) is 1. The highest BCUT2D eigenvalue weighted by atomic mass is 19.1. The zero-order chi connectivity index (χ0) is 13.0.